The van der Waals surface area contributed by atoms with Crippen LogP contribution in [0.1, 0.15) is 17.5 Å². The van der Waals surface area contributed by atoms with Crippen LogP contribution in [0.25, 0.3) is 0 Å². The van der Waals surface area contributed by atoms with Crippen LogP contribution >= 0.6 is 0 Å². The van der Waals surface area contributed by atoms with Gasteiger partial charge in [-0.25, -0.2) is 9.18 Å². The predicted octanol–water partition coefficient (Wildman–Crippen LogP) is 1.08. The highest BCUT2D eigenvalue weighted by Gasteiger charge is 2.24. The number of aryl methyl sites for hydroxylation is 1. The number of nitrogens with zero attached hydrogens (tertiary/aromatic N) is 1. The Balaban J connectivity index is 2.25. The van der Waals surface area contributed by atoms with Crippen LogP contribution in [-0.4, -0.2) is 25.0 Å². The van der Waals surface area contributed by atoms with Gasteiger partial charge in [-0.1, -0.05) is 6.07 Å². The molecule has 1 heterocycles. The highest BCUT2D eigenvalue weighted by Crippen LogP contribution is 2.32. The molecule has 3 amide bonds. The Labute approximate surface area is 110 Å². The van der Waals surface area contributed by atoms with Crippen molar-refractivity contribution >= 4 is 17.6 Å². The minimum atomic E-state index is -0.896. The predicted molar refractivity (Wildman–Crippen MR) is 69.4 cm³/mol. The number of urea groups is 1. The van der Waals surface area contributed by atoms with Crippen LogP contribution < -0.4 is 16.0 Å². The van der Waals surface area contributed by atoms with Crippen molar-refractivity contribution < 1.29 is 14.0 Å². The Kier molecular flexibility index (Phi) is 3.69. The summed E-state index contributed by atoms with van der Waals surface area (Å²) in [5.41, 5.74) is 7.29. The maximum atomic E-state index is 13.9. The Bertz CT molecular complexity index is 531. The van der Waals surface area contributed by atoms with Crippen molar-refractivity contribution in [2.75, 3.05) is 18.0 Å². The van der Waals surface area contributed by atoms with E-state index in [-0.39, 0.29) is 12.4 Å². The molecule has 1 aliphatic rings. The van der Waals surface area contributed by atoms with E-state index in [1.54, 1.807) is 11.0 Å². The van der Waals surface area contributed by atoms with Crippen molar-refractivity contribution in [2.24, 2.45) is 5.73 Å². The van der Waals surface area contributed by atoms with Gasteiger partial charge in [-0.3, -0.25) is 10.1 Å². The number of imide groups is 1. The lowest BCUT2D eigenvalue weighted by molar-refractivity contribution is -0.118. The Hall–Kier alpha value is -2.11. The number of hydrogen-bond acceptors (Lipinski definition) is 3. The zero-order chi connectivity index (χ0) is 14.0. The largest absolute Gasteiger partial charge is 0.360 e. The second-order valence-electron chi connectivity index (χ2n) is 4.63. The van der Waals surface area contributed by atoms with Crippen LogP contribution in [0.2, 0.25) is 0 Å². The van der Waals surface area contributed by atoms with Gasteiger partial charge >= 0.3 is 6.03 Å². The number of nitrogens with two attached hydrogens (primary N) is 1. The van der Waals surface area contributed by atoms with Gasteiger partial charge in [0.2, 0.25) is 5.91 Å². The Morgan fingerprint density at radius 1 is 1.47 bits per heavy atom. The monoisotopic (exact) mass is 265 g/mol. The fourth-order valence-corrected chi connectivity index (χ4v) is 2.43. The smallest absolute Gasteiger partial charge is 0.318 e. The average Bonchev–Trinajstić information content (AvgIpc) is 2.33. The van der Waals surface area contributed by atoms with Crippen LogP contribution in [0.5, 0.6) is 0 Å². The van der Waals surface area contributed by atoms with Gasteiger partial charge in [0.15, 0.2) is 0 Å². The van der Waals surface area contributed by atoms with E-state index in [1.807, 2.05) is 12.2 Å². The van der Waals surface area contributed by atoms with Gasteiger partial charge in [0, 0.05) is 6.54 Å². The maximum Gasteiger partial charge on any atom is 0.318 e. The third-order valence-corrected chi connectivity index (χ3v) is 3.24. The van der Waals surface area contributed by atoms with E-state index in [2.05, 4.69) is 0 Å². The molecule has 1 aromatic carbocycles. The van der Waals surface area contributed by atoms with Crippen molar-refractivity contribution in [2.45, 2.75) is 19.8 Å². The summed E-state index contributed by atoms with van der Waals surface area (Å²) in [6.45, 7) is 2.43. The van der Waals surface area contributed by atoms with Gasteiger partial charge in [-0.05, 0) is 37.0 Å². The first-order valence-electron chi connectivity index (χ1n) is 6.11. The first-order valence-corrected chi connectivity index (χ1v) is 6.11. The van der Waals surface area contributed by atoms with Gasteiger partial charge < -0.3 is 10.6 Å². The first kappa shape index (κ1) is 13.3. The number of anilines is 1. The normalized spacial score (nSPS) is 13.9. The molecule has 0 radical (unpaired) electrons. The third kappa shape index (κ3) is 2.83. The number of fused-ring (bicyclic) bond motifs is 1. The lowest BCUT2D eigenvalue weighted by Crippen LogP contribution is -2.44. The standard InChI is InChI=1S/C13H16FN3O2/c1-8-4-5-10(14)12-9(8)3-2-6-17(12)7-11(18)16-13(15)19/h4-5H,2-3,6-7H2,1H3,(H3,15,16,18,19). The minimum Gasteiger partial charge on any atom is -0.360 e. The fraction of sp³-hybridized carbons (Fsp3) is 0.385. The molecular weight excluding hydrogens is 249 g/mol. The minimum absolute atomic E-state index is 0.0731. The van der Waals surface area contributed by atoms with Gasteiger partial charge in [0.25, 0.3) is 0 Å². The number of benzene rings is 1. The number of halogens is 1. The zero-order valence-corrected chi connectivity index (χ0v) is 10.7. The van der Waals surface area contributed by atoms with Crippen LogP contribution in [0, 0.1) is 12.7 Å². The molecule has 0 aliphatic carbocycles. The van der Waals surface area contributed by atoms with Crippen molar-refractivity contribution in [3.05, 3.63) is 29.1 Å². The van der Waals surface area contributed by atoms with E-state index >= 15 is 0 Å². The summed E-state index contributed by atoms with van der Waals surface area (Å²) in [7, 11) is 0. The summed E-state index contributed by atoms with van der Waals surface area (Å²) < 4.78 is 13.9. The molecular formula is C13H16FN3O2. The molecule has 0 aromatic heterocycles. The molecule has 2 rings (SSSR count). The zero-order valence-electron chi connectivity index (χ0n) is 10.7. The fourth-order valence-electron chi connectivity index (χ4n) is 2.43. The quantitative estimate of drug-likeness (QED) is 0.840. The van der Waals surface area contributed by atoms with Crippen LogP contribution in [0.15, 0.2) is 12.1 Å². The molecule has 0 atom stereocenters. The molecule has 0 saturated heterocycles. The Morgan fingerprint density at radius 3 is 2.89 bits per heavy atom. The topological polar surface area (TPSA) is 75.4 Å². The number of carbonyl (C=O) groups excluding carboxylic acids is 2. The molecule has 0 unspecified atom stereocenters. The van der Waals surface area contributed by atoms with E-state index in [0.717, 1.165) is 24.0 Å². The number of amides is 3. The second kappa shape index (κ2) is 5.26. The summed E-state index contributed by atoms with van der Waals surface area (Å²) in [5.74, 6) is -0.867. The number of hydrogen-bond donors (Lipinski definition) is 2. The second-order valence-corrected chi connectivity index (χ2v) is 4.63. The molecule has 102 valence electrons. The first-order chi connectivity index (χ1) is 8.99. The number of nitrogens with one attached hydrogen (secondary N) is 1. The Morgan fingerprint density at radius 2 is 2.21 bits per heavy atom. The lowest BCUT2D eigenvalue weighted by atomic mass is 9.96. The molecule has 1 aliphatic heterocycles. The van der Waals surface area contributed by atoms with Crippen LogP contribution in [0.4, 0.5) is 14.9 Å². The highest BCUT2D eigenvalue weighted by atomic mass is 19.1. The lowest BCUT2D eigenvalue weighted by Gasteiger charge is -2.31. The summed E-state index contributed by atoms with van der Waals surface area (Å²) in [5, 5.41) is 1.99. The van der Waals surface area contributed by atoms with E-state index in [9.17, 15) is 14.0 Å². The average molecular weight is 265 g/mol. The number of carbonyl (C=O) groups is 2. The van der Waals surface area contributed by atoms with Crippen LogP contribution in [0.3, 0.4) is 0 Å². The van der Waals surface area contributed by atoms with E-state index in [0.29, 0.717) is 12.2 Å². The molecule has 0 saturated carbocycles. The maximum absolute atomic E-state index is 13.9. The van der Waals surface area contributed by atoms with Gasteiger partial charge in [0.1, 0.15) is 5.82 Å². The molecule has 5 nitrogen and oxygen atoms in total. The molecule has 6 heteroatoms. The summed E-state index contributed by atoms with van der Waals surface area (Å²) in [4.78, 5) is 23.8. The van der Waals surface area contributed by atoms with Crippen molar-refractivity contribution in [3.63, 3.8) is 0 Å². The molecule has 0 bridgehead atoms. The molecule has 3 N–H and O–H groups in total. The molecule has 19 heavy (non-hydrogen) atoms. The molecule has 0 fully saturated rings. The number of primary amides is 1. The molecule has 1 aromatic rings. The van der Waals surface area contributed by atoms with E-state index in [1.165, 1.54) is 6.07 Å². The third-order valence-electron chi connectivity index (χ3n) is 3.24. The highest BCUT2D eigenvalue weighted by molar-refractivity contribution is 5.95. The SMILES string of the molecule is Cc1ccc(F)c2c1CCCN2CC(=O)NC(N)=O. The van der Waals surface area contributed by atoms with E-state index < -0.39 is 11.9 Å². The van der Waals surface area contributed by atoms with Gasteiger partial charge in [-0.15, -0.1) is 0 Å². The van der Waals surface area contributed by atoms with Crippen molar-refractivity contribution in [1.82, 2.24) is 5.32 Å². The number of rotatable bonds is 2. The molecule has 0 spiro atoms. The van der Waals surface area contributed by atoms with Crippen LogP contribution in [-0.2, 0) is 11.2 Å². The van der Waals surface area contributed by atoms with E-state index in [4.69, 9.17) is 5.73 Å². The summed E-state index contributed by atoms with van der Waals surface area (Å²) in [6.07, 6.45) is 1.65. The van der Waals surface area contributed by atoms with Gasteiger partial charge in [-0.2, -0.15) is 0 Å². The van der Waals surface area contributed by atoms with Crippen molar-refractivity contribution in [3.8, 4) is 0 Å². The van der Waals surface area contributed by atoms with Gasteiger partial charge in [0.05, 0.1) is 12.2 Å². The van der Waals surface area contributed by atoms with Crippen molar-refractivity contribution in [1.29, 1.82) is 0 Å². The summed E-state index contributed by atoms with van der Waals surface area (Å²) >= 11 is 0. The summed E-state index contributed by atoms with van der Waals surface area (Å²) in [6, 6.07) is 2.24.